The fourth-order valence-electron chi connectivity index (χ4n) is 3.27. The van der Waals surface area contributed by atoms with Crippen LogP contribution in [0, 0.1) is 0 Å². The number of halogens is 3. The molecule has 0 aliphatic heterocycles. The van der Waals surface area contributed by atoms with E-state index in [2.05, 4.69) is 5.32 Å². The lowest BCUT2D eigenvalue weighted by atomic mass is 9.71. The monoisotopic (exact) mass is 364 g/mol. The van der Waals surface area contributed by atoms with Gasteiger partial charge < -0.3 is 9.88 Å². The first-order valence-corrected chi connectivity index (χ1v) is 8.30. The first-order chi connectivity index (χ1) is 12.1. The molecular formula is C19H19F3N2O2. The van der Waals surface area contributed by atoms with E-state index in [0.717, 1.165) is 18.6 Å². The Morgan fingerprint density at radius 1 is 1.19 bits per heavy atom. The minimum absolute atomic E-state index is 0.157. The maximum Gasteiger partial charge on any atom is 0.416 e. The lowest BCUT2D eigenvalue weighted by Gasteiger charge is -2.43. The van der Waals surface area contributed by atoms with Gasteiger partial charge in [-0.05, 0) is 49.9 Å². The third-order valence-corrected chi connectivity index (χ3v) is 4.95. The molecule has 0 unspecified atom stereocenters. The van der Waals surface area contributed by atoms with Gasteiger partial charge in [-0.1, -0.05) is 12.1 Å². The zero-order valence-corrected chi connectivity index (χ0v) is 14.5. The Balaban J connectivity index is 1.90. The number of carbonyl (C=O) groups excluding carboxylic acids is 2. The van der Waals surface area contributed by atoms with Gasteiger partial charge in [0.2, 0.25) is 0 Å². The molecule has 1 N–H and O–H groups in total. The van der Waals surface area contributed by atoms with Crippen molar-refractivity contribution in [2.75, 3.05) is 0 Å². The van der Waals surface area contributed by atoms with Gasteiger partial charge in [-0.15, -0.1) is 0 Å². The van der Waals surface area contributed by atoms with Gasteiger partial charge in [0.1, 0.15) is 5.69 Å². The molecular weight excluding hydrogens is 345 g/mol. The van der Waals surface area contributed by atoms with Crippen LogP contribution < -0.4 is 5.32 Å². The summed E-state index contributed by atoms with van der Waals surface area (Å²) in [6.07, 6.45) is -0.898. The molecule has 1 aromatic carbocycles. The van der Waals surface area contributed by atoms with E-state index in [9.17, 15) is 22.8 Å². The molecule has 1 aromatic heterocycles. The second-order valence-electron chi connectivity index (χ2n) is 6.75. The number of hydrogen-bond acceptors (Lipinski definition) is 2. The van der Waals surface area contributed by atoms with Gasteiger partial charge in [-0.2, -0.15) is 13.2 Å². The van der Waals surface area contributed by atoms with E-state index < -0.39 is 23.2 Å². The van der Waals surface area contributed by atoms with Gasteiger partial charge >= 0.3 is 6.18 Å². The predicted molar refractivity (Wildman–Crippen MR) is 89.9 cm³/mol. The number of amides is 1. The second-order valence-corrected chi connectivity index (χ2v) is 6.75. The molecule has 1 saturated carbocycles. The number of hydrogen-bond donors (Lipinski definition) is 1. The summed E-state index contributed by atoms with van der Waals surface area (Å²) < 4.78 is 40.6. The maximum atomic E-state index is 13.0. The number of ketones is 1. The Kier molecular flexibility index (Phi) is 4.42. The number of nitrogens with one attached hydrogen (secondary N) is 1. The number of rotatable bonds is 4. The molecule has 1 aliphatic carbocycles. The van der Waals surface area contributed by atoms with Crippen LogP contribution in [0.15, 0.2) is 36.5 Å². The minimum atomic E-state index is -4.43. The number of alkyl halides is 3. The number of benzene rings is 1. The molecule has 1 amide bonds. The average Bonchev–Trinajstić information content (AvgIpc) is 2.92. The molecule has 26 heavy (non-hydrogen) atoms. The van der Waals surface area contributed by atoms with Crippen molar-refractivity contribution in [2.45, 2.75) is 37.9 Å². The summed E-state index contributed by atoms with van der Waals surface area (Å²) >= 11 is 0. The number of nitrogens with zero attached hydrogens (tertiary/aromatic N) is 1. The SMILES string of the molecule is CC(=O)c1cc(C(=O)NC2(c3cccc(C(F)(F)F)c3)CCC2)n(C)c1. The highest BCUT2D eigenvalue weighted by molar-refractivity contribution is 5.99. The summed E-state index contributed by atoms with van der Waals surface area (Å²) in [7, 11) is 1.65. The number of carbonyl (C=O) groups is 2. The van der Waals surface area contributed by atoms with Crippen molar-refractivity contribution in [1.82, 2.24) is 9.88 Å². The highest BCUT2D eigenvalue weighted by Crippen LogP contribution is 2.43. The summed E-state index contributed by atoms with van der Waals surface area (Å²) in [5, 5.41) is 2.90. The van der Waals surface area contributed by atoms with Crippen LogP contribution >= 0.6 is 0 Å². The standard InChI is InChI=1S/C19H19F3N2O2/c1-12(25)13-9-16(24(2)11-13)17(26)23-18(7-4-8-18)14-5-3-6-15(10-14)19(20,21)22/h3,5-6,9-11H,4,7-8H2,1-2H3,(H,23,26). The van der Waals surface area contributed by atoms with Crippen LogP contribution in [0.3, 0.4) is 0 Å². The summed E-state index contributed by atoms with van der Waals surface area (Å²) in [6.45, 7) is 1.41. The van der Waals surface area contributed by atoms with Gasteiger partial charge in [0.25, 0.3) is 5.91 Å². The van der Waals surface area contributed by atoms with Gasteiger partial charge in [0.15, 0.2) is 5.78 Å². The van der Waals surface area contributed by atoms with E-state index in [1.807, 2.05) is 0 Å². The highest BCUT2D eigenvalue weighted by atomic mass is 19.4. The Morgan fingerprint density at radius 2 is 1.88 bits per heavy atom. The van der Waals surface area contributed by atoms with Gasteiger partial charge in [0, 0.05) is 18.8 Å². The zero-order valence-electron chi connectivity index (χ0n) is 14.5. The quantitative estimate of drug-likeness (QED) is 0.832. The molecule has 0 bridgehead atoms. The van der Waals surface area contributed by atoms with E-state index in [4.69, 9.17) is 0 Å². The Labute approximate surface area is 149 Å². The first-order valence-electron chi connectivity index (χ1n) is 8.30. The van der Waals surface area contributed by atoms with Crippen molar-refractivity contribution in [3.8, 4) is 0 Å². The summed E-state index contributed by atoms with van der Waals surface area (Å²) in [4.78, 5) is 24.2. The molecule has 0 saturated heterocycles. The molecule has 0 spiro atoms. The van der Waals surface area contributed by atoms with E-state index in [-0.39, 0.29) is 5.78 Å². The minimum Gasteiger partial charge on any atom is -0.346 e. The predicted octanol–water partition coefficient (Wildman–Crippen LogP) is 4.06. The van der Waals surface area contributed by atoms with E-state index in [1.54, 1.807) is 23.9 Å². The topological polar surface area (TPSA) is 51.1 Å². The van der Waals surface area contributed by atoms with Crippen LogP contribution in [0.25, 0.3) is 0 Å². The molecule has 0 atom stereocenters. The molecule has 2 aromatic rings. The molecule has 0 radical (unpaired) electrons. The Bertz CT molecular complexity index is 864. The third kappa shape index (κ3) is 3.25. The fourth-order valence-corrected chi connectivity index (χ4v) is 3.27. The van der Waals surface area contributed by atoms with Crippen molar-refractivity contribution in [3.05, 3.63) is 58.9 Å². The maximum absolute atomic E-state index is 13.0. The van der Waals surface area contributed by atoms with Crippen LogP contribution in [-0.2, 0) is 18.8 Å². The number of aromatic nitrogens is 1. The highest BCUT2D eigenvalue weighted by Gasteiger charge is 2.42. The van der Waals surface area contributed by atoms with Crippen LogP contribution in [0.2, 0.25) is 0 Å². The van der Waals surface area contributed by atoms with Crippen molar-refractivity contribution < 1.29 is 22.8 Å². The summed E-state index contributed by atoms with van der Waals surface area (Å²) in [5.41, 5.74) is -0.368. The largest absolute Gasteiger partial charge is 0.416 e. The summed E-state index contributed by atoms with van der Waals surface area (Å²) in [6, 6.07) is 6.59. The Morgan fingerprint density at radius 3 is 2.38 bits per heavy atom. The molecule has 1 fully saturated rings. The third-order valence-electron chi connectivity index (χ3n) is 4.95. The van der Waals surface area contributed by atoms with Crippen LogP contribution in [0.1, 0.15) is 58.2 Å². The van der Waals surface area contributed by atoms with Crippen LogP contribution in [-0.4, -0.2) is 16.3 Å². The van der Waals surface area contributed by atoms with Crippen molar-refractivity contribution in [1.29, 1.82) is 0 Å². The smallest absolute Gasteiger partial charge is 0.346 e. The van der Waals surface area contributed by atoms with Crippen LogP contribution in [0.4, 0.5) is 13.2 Å². The molecule has 7 heteroatoms. The van der Waals surface area contributed by atoms with E-state index >= 15 is 0 Å². The van der Waals surface area contributed by atoms with E-state index in [0.29, 0.717) is 29.7 Å². The number of aryl methyl sites for hydroxylation is 1. The van der Waals surface area contributed by atoms with Gasteiger partial charge in [-0.25, -0.2) is 0 Å². The fraction of sp³-hybridized carbons (Fsp3) is 0.368. The lowest BCUT2D eigenvalue weighted by Crippen LogP contribution is -2.51. The molecule has 138 valence electrons. The average molecular weight is 364 g/mol. The van der Waals surface area contributed by atoms with Gasteiger partial charge in [-0.3, -0.25) is 9.59 Å². The van der Waals surface area contributed by atoms with E-state index in [1.165, 1.54) is 19.1 Å². The molecule has 4 nitrogen and oxygen atoms in total. The normalized spacial score (nSPS) is 16.0. The van der Waals surface area contributed by atoms with Gasteiger partial charge in [0.05, 0.1) is 11.1 Å². The summed E-state index contributed by atoms with van der Waals surface area (Å²) in [5.74, 6) is -0.562. The lowest BCUT2D eigenvalue weighted by molar-refractivity contribution is -0.137. The van der Waals surface area contributed by atoms with Crippen LogP contribution in [0.5, 0.6) is 0 Å². The second kappa shape index (κ2) is 6.30. The Hall–Kier alpha value is -2.57. The zero-order chi connectivity index (χ0) is 19.1. The number of Topliss-reactive ketones (excluding diaryl/α,β-unsaturated/α-hetero) is 1. The molecule has 3 rings (SSSR count). The first kappa shape index (κ1) is 18.2. The van der Waals surface area contributed by atoms with Crippen molar-refractivity contribution in [3.63, 3.8) is 0 Å². The van der Waals surface area contributed by atoms with Crippen molar-refractivity contribution in [2.24, 2.45) is 7.05 Å². The molecule has 1 heterocycles. The molecule has 1 aliphatic rings. The van der Waals surface area contributed by atoms with Crippen molar-refractivity contribution >= 4 is 11.7 Å².